The maximum atomic E-state index is 12.1. The van der Waals surface area contributed by atoms with Crippen LogP contribution in [0.1, 0.15) is 22.3 Å². The van der Waals surface area contributed by atoms with E-state index in [0.717, 1.165) is 0 Å². The van der Waals surface area contributed by atoms with Gasteiger partial charge in [0.2, 0.25) is 0 Å². The highest BCUT2D eigenvalue weighted by molar-refractivity contribution is 5.94. The Bertz CT molecular complexity index is 501. The fourth-order valence-electron chi connectivity index (χ4n) is 1.98. The minimum atomic E-state index is -0.411. The molecule has 0 aromatic heterocycles. The molecule has 1 aliphatic rings. The molecule has 0 spiro atoms. The summed E-state index contributed by atoms with van der Waals surface area (Å²) in [5.74, 6) is 5.23. The number of carbonyl (C=O) groups is 1. The van der Waals surface area contributed by atoms with Crippen LogP contribution in [-0.2, 0) is 0 Å². The monoisotopic (exact) mass is 245 g/mol. The molecule has 4 heteroatoms. The molecule has 0 saturated carbocycles. The number of hydrogen-bond donors (Lipinski definition) is 2. The van der Waals surface area contributed by atoms with E-state index in [1.165, 1.54) is 0 Å². The maximum absolute atomic E-state index is 12.1. The first-order valence-electron chi connectivity index (χ1n) is 5.88. The minimum Gasteiger partial charge on any atom is -0.391 e. The summed E-state index contributed by atoms with van der Waals surface area (Å²) in [5.41, 5.74) is 1.27. The number of β-amino-alcohol motifs (C(OH)–C–C–N with tert-alkyl or cyclic N) is 1. The number of rotatable bonds is 1. The number of amides is 1. The van der Waals surface area contributed by atoms with E-state index in [9.17, 15) is 9.90 Å². The van der Waals surface area contributed by atoms with Gasteiger partial charge < -0.3 is 15.1 Å². The second-order valence-electron chi connectivity index (χ2n) is 4.23. The predicted octanol–water partition coefficient (Wildman–Crippen LogP) is 0.237. The molecular formula is C14H15NO3. The molecular weight excluding hydrogens is 230 g/mol. The Kier molecular flexibility index (Phi) is 3.98. The molecule has 2 N–H and O–H groups in total. The molecule has 0 aliphatic carbocycles. The first-order valence-corrected chi connectivity index (χ1v) is 5.88. The van der Waals surface area contributed by atoms with Crippen molar-refractivity contribution in [1.29, 1.82) is 0 Å². The number of aliphatic hydroxyl groups is 2. The molecule has 1 amide bonds. The summed E-state index contributed by atoms with van der Waals surface area (Å²) in [4.78, 5) is 13.8. The Balaban J connectivity index is 2.15. The summed E-state index contributed by atoms with van der Waals surface area (Å²) in [5, 5.41) is 18.1. The van der Waals surface area contributed by atoms with Gasteiger partial charge in [0.1, 0.15) is 6.61 Å². The van der Waals surface area contributed by atoms with Crippen molar-refractivity contribution in [1.82, 2.24) is 4.90 Å². The van der Waals surface area contributed by atoms with Gasteiger partial charge in [-0.1, -0.05) is 17.9 Å². The van der Waals surface area contributed by atoms with Crippen molar-refractivity contribution in [3.8, 4) is 11.8 Å². The van der Waals surface area contributed by atoms with E-state index in [1.807, 2.05) is 0 Å². The Hall–Kier alpha value is -1.83. The molecule has 0 bridgehead atoms. The molecule has 1 aliphatic heterocycles. The number of benzene rings is 1. The van der Waals surface area contributed by atoms with E-state index in [0.29, 0.717) is 30.6 Å². The van der Waals surface area contributed by atoms with Crippen LogP contribution in [0.4, 0.5) is 0 Å². The molecule has 1 atom stereocenters. The molecule has 18 heavy (non-hydrogen) atoms. The topological polar surface area (TPSA) is 60.8 Å². The molecule has 1 saturated heterocycles. The first-order chi connectivity index (χ1) is 8.70. The minimum absolute atomic E-state index is 0.0841. The van der Waals surface area contributed by atoms with Crippen molar-refractivity contribution in [2.45, 2.75) is 12.5 Å². The number of nitrogens with zero attached hydrogens (tertiary/aromatic N) is 1. The number of carbonyl (C=O) groups excluding carboxylic acids is 1. The van der Waals surface area contributed by atoms with E-state index < -0.39 is 6.10 Å². The zero-order valence-electron chi connectivity index (χ0n) is 9.97. The smallest absolute Gasteiger partial charge is 0.253 e. The second-order valence-corrected chi connectivity index (χ2v) is 4.23. The fraction of sp³-hybridized carbons (Fsp3) is 0.357. The van der Waals surface area contributed by atoms with Crippen LogP contribution in [0.2, 0.25) is 0 Å². The van der Waals surface area contributed by atoms with E-state index >= 15 is 0 Å². The summed E-state index contributed by atoms with van der Waals surface area (Å²) in [6.07, 6.45) is 0.224. The average molecular weight is 245 g/mol. The largest absolute Gasteiger partial charge is 0.391 e. The van der Waals surface area contributed by atoms with Crippen molar-refractivity contribution < 1.29 is 15.0 Å². The third-order valence-electron chi connectivity index (χ3n) is 2.87. The zero-order chi connectivity index (χ0) is 13.0. The summed E-state index contributed by atoms with van der Waals surface area (Å²) in [7, 11) is 0. The molecule has 1 fully saturated rings. The maximum Gasteiger partial charge on any atom is 0.253 e. The van der Waals surface area contributed by atoms with Crippen molar-refractivity contribution in [3.05, 3.63) is 35.4 Å². The van der Waals surface area contributed by atoms with Crippen molar-refractivity contribution >= 4 is 5.91 Å². The predicted molar refractivity (Wildman–Crippen MR) is 66.9 cm³/mol. The molecule has 1 heterocycles. The second kappa shape index (κ2) is 5.67. The van der Waals surface area contributed by atoms with Crippen molar-refractivity contribution in [2.75, 3.05) is 19.7 Å². The van der Waals surface area contributed by atoms with Crippen LogP contribution >= 0.6 is 0 Å². The first kappa shape index (κ1) is 12.6. The Morgan fingerprint density at radius 3 is 3.00 bits per heavy atom. The Labute approximate surface area is 106 Å². The SMILES string of the molecule is O=C(c1cccc(C#CCO)c1)N1CCC(O)C1. The molecule has 94 valence electrons. The molecule has 1 aromatic rings. The summed E-state index contributed by atoms with van der Waals surface area (Å²) in [6.45, 7) is 0.786. The van der Waals surface area contributed by atoms with Crippen LogP contribution < -0.4 is 0 Å². The highest BCUT2D eigenvalue weighted by Gasteiger charge is 2.25. The van der Waals surface area contributed by atoms with Gasteiger partial charge in [-0.15, -0.1) is 0 Å². The fourth-order valence-corrected chi connectivity index (χ4v) is 1.98. The summed E-state index contributed by atoms with van der Waals surface area (Å²) >= 11 is 0. The number of hydrogen-bond acceptors (Lipinski definition) is 3. The lowest BCUT2D eigenvalue weighted by molar-refractivity contribution is 0.0765. The van der Waals surface area contributed by atoms with Crippen LogP contribution in [0.5, 0.6) is 0 Å². The quantitative estimate of drug-likeness (QED) is 0.697. The van der Waals surface area contributed by atoms with Gasteiger partial charge in [0.25, 0.3) is 5.91 Å². The molecule has 1 aromatic carbocycles. The lowest BCUT2D eigenvalue weighted by Crippen LogP contribution is -2.29. The van der Waals surface area contributed by atoms with E-state index in [-0.39, 0.29) is 12.5 Å². The highest BCUT2D eigenvalue weighted by atomic mass is 16.3. The third kappa shape index (κ3) is 2.89. The van der Waals surface area contributed by atoms with Crippen molar-refractivity contribution in [3.63, 3.8) is 0 Å². The zero-order valence-corrected chi connectivity index (χ0v) is 9.97. The van der Waals surface area contributed by atoms with Gasteiger partial charge in [0.05, 0.1) is 6.10 Å². The Morgan fingerprint density at radius 1 is 1.50 bits per heavy atom. The normalized spacial score (nSPS) is 18.3. The van der Waals surface area contributed by atoms with Crippen LogP contribution in [0.25, 0.3) is 0 Å². The van der Waals surface area contributed by atoms with Crippen LogP contribution in [-0.4, -0.2) is 46.8 Å². The average Bonchev–Trinajstić information content (AvgIpc) is 2.82. The van der Waals surface area contributed by atoms with E-state index in [1.54, 1.807) is 29.2 Å². The van der Waals surface area contributed by atoms with Crippen LogP contribution in [0.3, 0.4) is 0 Å². The van der Waals surface area contributed by atoms with Crippen LogP contribution in [0, 0.1) is 11.8 Å². The molecule has 0 radical (unpaired) electrons. The van der Waals surface area contributed by atoms with Crippen LogP contribution in [0.15, 0.2) is 24.3 Å². The number of likely N-dealkylation sites (tertiary alicyclic amines) is 1. The van der Waals surface area contributed by atoms with Gasteiger partial charge in [-0.3, -0.25) is 4.79 Å². The van der Waals surface area contributed by atoms with Crippen molar-refractivity contribution in [2.24, 2.45) is 0 Å². The molecule has 2 rings (SSSR count). The summed E-state index contributed by atoms with van der Waals surface area (Å²) < 4.78 is 0. The van der Waals surface area contributed by atoms with E-state index in [4.69, 9.17) is 5.11 Å². The lowest BCUT2D eigenvalue weighted by atomic mass is 10.1. The van der Waals surface area contributed by atoms with Gasteiger partial charge in [0, 0.05) is 24.2 Å². The van der Waals surface area contributed by atoms with Gasteiger partial charge >= 0.3 is 0 Å². The molecule has 4 nitrogen and oxygen atoms in total. The van der Waals surface area contributed by atoms with E-state index in [2.05, 4.69) is 11.8 Å². The molecule has 1 unspecified atom stereocenters. The number of aliphatic hydroxyl groups excluding tert-OH is 2. The van der Waals surface area contributed by atoms with Gasteiger partial charge in [0.15, 0.2) is 0 Å². The Morgan fingerprint density at radius 2 is 2.33 bits per heavy atom. The highest BCUT2D eigenvalue weighted by Crippen LogP contribution is 2.14. The van der Waals surface area contributed by atoms with Gasteiger partial charge in [-0.25, -0.2) is 0 Å². The summed E-state index contributed by atoms with van der Waals surface area (Å²) in [6, 6.07) is 6.99. The lowest BCUT2D eigenvalue weighted by Gasteiger charge is -2.15. The third-order valence-corrected chi connectivity index (χ3v) is 2.87. The standard InChI is InChI=1S/C14H15NO3/c16-8-2-4-11-3-1-5-12(9-11)14(18)15-7-6-13(17)10-15/h1,3,5,9,13,16-17H,6-8,10H2. The van der Waals surface area contributed by atoms with Gasteiger partial charge in [-0.05, 0) is 24.6 Å². The van der Waals surface area contributed by atoms with Gasteiger partial charge in [-0.2, -0.15) is 0 Å².